The molecule has 0 saturated carbocycles. The van der Waals surface area contributed by atoms with Gasteiger partial charge < -0.3 is 9.47 Å². The topological polar surface area (TPSA) is 86.7 Å². The van der Waals surface area contributed by atoms with Crippen LogP contribution in [0, 0.1) is 9.06 Å². The summed E-state index contributed by atoms with van der Waals surface area (Å²) in [6.07, 6.45) is 0. The molecule has 0 amide bonds. The third-order valence-electron chi connectivity index (χ3n) is 6.29. The van der Waals surface area contributed by atoms with Crippen LogP contribution in [0.25, 0.3) is 11.1 Å². The molecule has 0 N–H and O–H groups in total. The molecule has 8 heteroatoms. The second kappa shape index (κ2) is 8.22. The maximum Gasteiger partial charge on any atom is 0.199 e. The van der Waals surface area contributed by atoms with Crippen LogP contribution in [0.2, 0.25) is 0 Å². The predicted molar refractivity (Wildman–Crippen MR) is 136 cm³/mol. The van der Waals surface area contributed by atoms with Gasteiger partial charge in [0.1, 0.15) is 11.5 Å². The Morgan fingerprint density at radius 3 is 1.22 bits per heavy atom. The number of carbonyl (C=O) groups excluding carboxylic acids is 4. The summed E-state index contributed by atoms with van der Waals surface area (Å²) in [6.45, 7) is 0. The molecule has 2 aromatic carbocycles. The van der Waals surface area contributed by atoms with E-state index in [9.17, 15) is 19.2 Å². The first-order valence-electron chi connectivity index (χ1n) is 10.9. The summed E-state index contributed by atoms with van der Waals surface area (Å²) in [5.41, 5.74) is 1.71. The minimum atomic E-state index is -0.319. The van der Waals surface area contributed by atoms with Crippen LogP contribution in [0.15, 0.2) is 60.7 Å². The van der Waals surface area contributed by atoms with Crippen LogP contribution in [-0.4, -0.2) is 37.4 Å². The molecule has 0 fully saturated rings. The summed E-state index contributed by atoms with van der Waals surface area (Å²) in [6, 6.07) is 16.9. The average molecular weight is 513 g/mol. The van der Waals surface area contributed by atoms with E-state index in [1.54, 1.807) is 48.5 Å². The van der Waals surface area contributed by atoms with Crippen LogP contribution in [0.5, 0.6) is 11.5 Å². The second-order valence-corrected chi connectivity index (χ2v) is 10.4. The molecule has 0 atom stereocenters. The molecule has 2 aliphatic rings. The third-order valence-corrected chi connectivity index (χ3v) is 8.69. The van der Waals surface area contributed by atoms with Gasteiger partial charge in [-0.05, 0) is 60.7 Å². The number of hydrogen-bond donors (Lipinski definition) is 0. The first kappa shape index (κ1) is 22.3. The normalized spacial score (nSPS) is 18.5. The SMILES string of the molecule is COc1ccc2c(c1)C(=O)/C(=c1\cc/c(=c3/cc/c(=C4/C(=O)c5ccc(OC)cc5C4=O)s3)s1)C2=O. The standard InChI is InChI=1S/C28H16O6S2/c1-33-13-3-5-15-17(11-13)27(31)23(25(15)29)21-9-7-19(35-21)20-8-10-22(36-20)24-26(30)16-6-4-14(34-2)12-18(16)28(24)32/h3-12H,1-2H3/b20-19+,23-21+,24-22+. The largest absolute Gasteiger partial charge is 0.497 e. The van der Waals surface area contributed by atoms with Crippen LogP contribution in [0.3, 0.4) is 0 Å². The van der Waals surface area contributed by atoms with Gasteiger partial charge in [-0.2, -0.15) is 0 Å². The molecule has 0 spiro atoms. The molecule has 6 nitrogen and oxygen atoms in total. The number of ether oxygens (including phenoxy) is 2. The monoisotopic (exact) mass is 512 g/mol. The number of methoxy groups -OCH3 is 2. The molecule has 36 heavy (non-hydrogen) atoms. The van der Waals surface area contributed by atoms with E-state index >= 15 is 0 Å². The molecule has 0 unspecified atom stereocenters. The van der Waals surface area contributed by atoms with Crippen molar-refractivity contribution in [1.29, 1.82) is 0 Å². The van der Waals surface area contributed by atoms with E-state index in [0.717, 1.165) is 9.06 Å². The Kier molecular flexibility index (Phi) is 5.10. The van der Waals surface area contributed by atoms with Crippen LogP contribution in [0.4, 0.5) is 0 Å². The molecule has 2 aliphatic carbocycles. The van der Waals surface area contributed by atoms with Gasteiger partial charge in [0.2, 0.25) is 0 Å². The molecule has 6 rings (SSSR count). The predicted octanol–water partition coefficient (Wildman–Crippen LogP) is 3.57. The zero-order valence-corrected chi connectivity index (χ0v) is 20.7. The summed E-state index contributed by atoms with van der Waals surface area (Å²) >= 11 is 2.65. The van der Waals surface area contributed by atoms with Crippen molar-refractivity contribution in [3.8, 4) is 11.5 Å². The fraction of sp³-hybridized carbons (Fsp3) is 0.0714. The summed E-state index contributed by atoms with van der Waals surface area (Å²) < 4.78 is 13.2. The molecule has 2 aromatic heterocycles. The molecular formula is C28H16O6S2. The first-order valence-corrected chi connectivity index (χ1v) is 12.5. The molecule has 0 radical (unpaired) electrons. The zero-order chi connectivity index (χ0) is 25.1. The highest BCUT2D eigenvalue weighted by Crippen LogP contribution is 2.31. The van der Waals surface area contributed by atoms with E-state index < -0.39 is 0 Å². The summed E-state index contributed by atoms with van der Waals surface area (Å²) in [5.74, 6) is -0.209. The fourth-order valence-corrected chi connectivity index (χ4v) is 6.65. The zero-order valence-electron chi connectivity index (χ0n) is 19.0. The quantitative estimate of drug-likeness (QED) is 0.408. The van der Waals surface area contributed by atoms with Gasteiger partial charge in [-0.1, -0.05) is 0 Å². The molecule has 4 aromatic rings. The summed E-state index contributed by atoms with van der Waals surface area (Å²) in [4.78, 5) is 52.0. The second-order valence-electron chi connectivity index (χ2n) is 8.22. The molecule has 0 saturated heterocycles. The van der Waals surface area contributed by atoms with E-state index in [1.807, 2.05) is 12.1 Å². The number of fused-ring (bicyclic) bond motifs is 2. The number of hydrogen-bond acceptors (Lipinski definition) is 8. The lowest BCUT2D eigenvalue weighted by Crippen LogP contribution is -2.10. The van der Waals surface area contributed by atoms with Crippen molar-refractivity contribution in [3.05, 3.63) is 101 Å². The Balaban J connectivity index is 1.48. The van der Waals surface area contributed by atoms with E-state index in [1.165, 1.54) is 36.9 Å². The Bertz CT molecular complexity index is 1750. The van der Waals surface area contributed by atoms with Crippen molar-refractivity contribution in [2.75, 3.05) is 14.2 Å². The van der Waals surface area contributed by atoms with Crippen LogP contribution in [-0.2, 0) is 0 Å². The minimum absolute atomic E-state index is 0.145. The van der Waals surface area contributed by atoms with Gasteiger partial charge in [-0.15, -0.1) is 22.7 Å². The number of thiophene rings is 2. The van der Waals surface area contributed by atoms with Gasteiger partial charge in [0, 0.05) is 40.4 Å². The third kappa shape index (κ3) is 3.22. The Morgan fingerprint density at radius 1 is 0.472 bits per heavy atom. The number of carbonyl (C=O) groups is 4. The van der Waals surface area contributed by atoms with Crippen LogP contribution < -0.4 is 18.5 Å². The maximum atomic E-state index is 13.0. The number of Topliss-reactive ketones (excluding diaryl/α,β-unsaturated/α-hetero) is 4. The van der Waals surface area contributed by atoms with E-state index in [2.05, 4.69) is 0 Å². The maximum absolute atomic E-state index is 13.0. The van der Waals surface area contributed by atoms with Crippen molar-refractivity contribution in [2.45, 2.75) is 0 Å². The summed E-state index contributed by atoms with van der Waals surface area (Å²) in [5, 5.41) is 0. The van der Waals surface area contributed by atoms with Gasteiger partial charge >= 0.3 is 0 Å². The van der Waals surface area contributed by atoms with E-state index in [4.69, 9.17) is 9.47 Å². The molecule has 2 heterocycles. The van der Waals surface area contributed by atoms with Crippen LogP contribution >= 0.6 is 22.7 Å². The Morgan fingerprint density at radius 2 is 0.833 bits per heavy atom. The van der Waals surface area contributed by atoms with Crippen LogP contribution in [0.1, 0.15) is 41.4 Å². The van der Waals surface area contributed by atoms with Crippen molar-refractivity contribution < 1.29 is 28.7 Å². The number of benzene rings is 2. The highest BCUT2D eigenvalue weighted by atomic mass is 32.1. The Hall–Kier alpha value is -4.14. The van der Waals surface area contributed by atoms with Gasteiger partial charge in [-0.25, -0.2) is 0 Å². The van der Waals surface area contributed by atoms with Gasteiger partial charge in [0.05, 0.1) is 25.4 Å². The summed E-state index contributed by atoms with van der Waals surface area (Å²) in [7, 11) is 3.02. The highest BCUT2D eigenvalue weighted by Gasteiger charge is 2.35. The lowest BCUT2D eigenvalue weighted by atomic mass is 10.1. The van der Waals surface area contributed by atoms with E-state index in [0.29, 0.717) is 42.8 Å². The highest BCUT2D eigenvalue weighted by molar-refractivity contribution is 7.12. The van der Waals surface area contributed by atoms with Crippen molar-refractivity contribution >= 4 is 57.0 Å². The molecular weight excluding hydrogens is 496 g/mol. The smallest absolute Gasteiger partial charge is 0.199 e. The lowest BCUT2D eigenvalue weighted by molar-refractivity contribution is 0.101. The van der Waals surface area contributed by atoms with Gasteiger partial charge in [0.15, 0.2) is 23.1 Å². The fourth-order valence-electron chi connectivity index (χ4n) is 4.47. The van der Waals surface area contributed by atoms with Crippen molar-refractivity contribution in [3.63, 3.8) is 0 Å². The first-order chi connectivity index (χ1) is 17.4. The van der Waals surface area contributed by atoms with Gasteiger partial charge in [0.25, 0.3) is 0 Å². The van der Waals surface area contributed by atoms with Crippen molar-refractivity contribution in [2.24, 2.45) is 0 Å². The lowest BCUT2D eigenvalue weighted by Gasteiger charge is -2.00. The number of ketones is 4. The molecule has 0 bridgehead atoms. The molecule has 176 valence electrons. The van der Waals surface area contributed by atoms with E-state index in [-0.39, 0.29) is 34.3 Å². The Labute approximate surface area is 212 Å². The minimum Gasteiger partial charge on any atom is -0.497 e. The van der Waals surface area contributed by atoms with Gasteiger partial charge in [-0.3, -0.25) is 19.2 Å². The number of rotatable bonds is 2. The molecule has 0 aliphatic heterocycles. The average Bonchev–Trinajstić information content (AvgIpc) is 3.66. The van der Waals surface area contributed by atoms with Crippen molar-refractivity contribution in [1.82, 2.24) is 0 Å².